The number of aromatic nitrogens is 1. The minimum Gasteiger partial charge on any atom is -0.378 e. The van der Waals surface area contributed by atoms with Gasteiger partial charge in [0.15, 0.2) is 0 Å². The van der Waals surface area contributed by atoms with Gasteiger partial charge in [-0.1, -0.05) is 13.0 Å². The SMILES string of the molecule is CCC1OCCC1CNCc1cccnc1. The van der Waals surface area contributed by atoms with E-state index in [9.17, 15) is 0 Å². The molecular formula is C13H20N2O. The van der Waals surface area contributed by atoms with Crippen LogP contribution in [0.5, 0.6) is 0 Å². The average molecular weight is 220 g/mol. The summed E-state index contributed by atoms with van der Waals surface area (Å²) in [6.07, 6.45) is 6.50. The summed E-state index contributed by atoms with van der Waals surface area (Å²) in [5.41, 5.74) is 1.24. The van der Waals surface area contributed by atoms with Gasteiger partial charge in [-0.25, -0.2) is 0 Å². The molecule has 88 valence electrons. The number of hydrogen-bond donors (Lipinski definition) is 1. The topological polar surface area (TPSA) is 34.1 Å². The lowest BCUT2D eigenvalue weighted by Crippen LogP contribution is -2.27. The molecular weight excluding hydrogens is 200 g/mol. The summed E-state index contributed by atoms with van der Waals surface area (Å²) >= 11 is 0. The Morgan fingerprint density at radius 3 is 3.25 bits per heavy atom. The lowest BCUT2D eigenvalue weighted by Gasteiger charge is -2.17. The maximum atomic E-state index is 5.67. The van der Waals surface area contributed by atoms with Gasteiger partial charge in [-0.05, 0) is 30.4 Å². The van der Waals surface area contributed by atoms with Crippen LogP contribution in [0.15, 0.2) is 24.5 Å². The summed E-state index contributed by atoms with van der Waals surface area (Å²) < 4.78 is 5.67. The van der Waals surface area contributed by atoms with Gasteiger partial charge in [0.25, 0.3) is 0 Å². The molecule has 3 heteroatoms. The zero-order chi connectivity index (χ0) is 11.2. The minimum absolute atomic E-state index is 0.460. The standard InChI is InChI=1S/C13H20N2O/c1-2-13-12(5-7-16-13)10-15-9-11-4-3-6-14-8-11/h3-4,6,8,12-13,15H,2,5,7,9-10H2,1H3. The zero-order valence-corrected chi connectivity index (χ0v) is 9.86. The Labute approximate surface area is 97.2 Å². The van der Waals surface area contributed by atoms with Crippen molar-refractivity contribution in [2.45, 2.75) is 32.4 Å². The maximum absolute atomic E-state index is 5.67. The molecule has 0 radical (unpaired) electrons. The predicted molar refractivity (Wildman–Crippen MR) is 64.1 cm³/mol. The van der Waals surface area contributed by atoms with Crippen LogP contribution in [0.1, 0.15) is 25.3 Å². The lowest BCUT2D eigenvalue weighted by molar-refractivity contribution is 0.0872. The van der Waals surface area contributed by atoms with E-state index < -0.39 is 0 Å². The fraction of sp³-hybridized carbons (Fsp3) is 0.615. The first kappa shape index (κ1) is 11.6. The van der Waals surface area contributed by atoms with Crippen LogP contribution in [0.3, 0.4) is 0 Å². The number of pyridine rings is 1. The van der Waals surface area contributed by atoms with Crippen LogP contribution in [0, 0.1) is 5.92 Å². The molecule has 1 N–H and O–H groups in total. The van der Waals surface area contributed by atoms with E-state index in [-0.39, 0.29) is 0 Å². The molecule has 2 unspecified atom stereocenters. The van der Waals surface area contributed by atoms with Gasteiger partial charge >= 0.3 is 0 Å². The van der Waals surface area contributed by atoms with Crippen molar-refractivity contribution in [3.05, 3.63) is 30.1 Å². The molecule has 2 atom stereocenters. The van der Waals surface area contributed by atoms with E-state index in [4.69, 9.17) is 4.74 Å². The first-order chi connectivity index (χ1) is 7.90. The molecule has 0 bridgehead atoms. The molecule has 2 heterocycles. The van der Waals surface area contributed by atoms with Gasteiger partial charge in [0, 0.05) is 32.1 Å². The number of nitrogens with zero attached hydrogens (tertiary/aromatic N) is 1. The van der Waals surface area contributed by atoms with Crippen LogP contribution < -0.4 is 5.32 Å². The molecule has 2 rings (SSSR count). The predicted octanol–water partition coefficient (Wildman–Crippen LogP) is 1.99. The number of ether oxygens (including phenoxy) is 1. The molecule has 1 aromatic heterocycles. The smallest absolute Gasteiger partial charge is 0.0613 e. The van der Waals surface area contributed by atoms with Crippen molar-refractivity contribution < 1.29 is 4.74 Å². The van der Waals surface area contributed by atoms with Crippen LogP contribution in [0.4, 0.5) is 0 Å². The summed E-state index contributed by atoms with van der Waals surface area (Å²) in [7, 11) is 0. The van der Waals surface area contributed by atoms with E-state index in [1.165, 1.54) is 12.0 Å². The Morgan fingerprint density at radius 1 is 1.56 bits per heavy atom. The van der Waals surface area contributed by atoms with Crippen LogP contribution in [0.2, 0.25) is 0 Å². The summed E-state index contributed by atoms with van der Waals surface area (Å²) in [5.74, 6) is 0.682. The van der Waals surface area contributed by atoms with Crippen molar-refractivity contribution >= 4 is 0 Å². The number of nitrogens with one attached hydrogen (secondary N) is 1. The molecule has 0 aromatic carbocycles. The molecule has 3 nitrogen and oxygen atoms in total. The lowest BCUT2D eigenvalue weighted by atomic mass is 10.00. The van der Waals surface area contributed by atoms with E-state index in [1.54, 1.807) is 6.20 Å². The Balaban J connectivity index is 1.72. The summed E-state index contributed by atoms with van der Waals surface area (Å²) in [6, 6.07) is 4.08. The summed E-state index contributed by atoms with van der Waals surface area (Å²) in [4.78, 5) is 4.10. The minimum atomic E-state index is 0.460. The van der Waals surface area contributed by atoms with Crippen molar-refractivity contribution in [1.29, 1.82) is 0 Å². The third-order valence-corrected chi connectivity index (χ3v) is 3.21. The van der Waals surface area contributed by atoms with Gasteiger partial charge in [0.2, 0.25) is 0 Å². The Morgan fingerprint density at radius 2 is 2.50 bits per heavy atom. The van der Waals surface area contributed by atoms with Gasteiger partial charge in [0.1, 0.15) is 0 Å². The van der Waals surface area contributed by atoms with E-state index in [1.807, 2.05) is 12.3 Å². The fourth-order valence-electron chi connectivity index (χ4n) is 2.28. The number of rotatable bonds is 5. The van der Waals surface area contributed by atoms with Crippen molar-refractivity contribution in [1.82, 2.24) is 10.3 Å². The highest BCUT2D eigenvalue weighted by molar-refractivity contribution is 5.07. The second-order valence-corrected chi connectivity index (χ2v) is 4.36. The van der Waals surface area contributed by atoms with Gasteiger partial charge in [-0.15, -0.1) is 0 Å². The molecule has 0 amide bonds. The molecule has 1 saturated heterocycles. The van der Waals surface area contributed by atoms with E-state index in [0.29, 0.717) is 12.0 Å². The van der Waals surface area contributed by atoms with Crippen LogP contribution >= 0.6 is 0 Å². The average Bonchev–Trinajstić information content (AvgIpc) is 2.78. The Bertz CT molecular complexity index is 302. The molecule has 0 spiro atoms. The van der Waals surface area contributed by atoms with Crippen molar-refractivity contribution in [2.24, 2.45) is 5.92 Å². The van der Waals surface area contributed by atoms with E-state index in [2.05, 4.69) is 23.3 Å². The van der Waals surface area contributed by atoms with Gasteiger partial charge < -0.3 is 10.1 Å². The molecule has 0 aliphatic carbocycles. The Hall–Kier alpha value is -0.930. The summed E-state index contributed by atoms with van der Waals surface area (Å²) in [6.45, 7) is 5.08. The highest BCUT2D eigenvalue weighted by atomic mass is 16.5. The van der Waals surface area contributed by atoms with Crippen LogP contribution in [-0.4, -0.2) is 24.2 Å². The van der Waals surface area contributed by atoms with Gasteiger partial charge in [-0.3, -0.25) is 4.98 Å². The van der Waals surface area contributed by atoms with E-state index in [0.717, 1.165) is 26.1 Å². The first-order valence-corrected chi connectivity index (χ1v) is 6.11. The largest absolute Gasteiger partial charge is 0.378 e. The van der Waals surface area contributed by atoms with Crippen molar-refractivity contribution in [3.8, 4) is 0 Å². The van der Waals surface area contributed by atoms with Crippen molar-refractivity contribution in [3.63, 3.8) is 0 Å². The molecule has 1 fully saturated rings. The highest BCUT2D eigenvalue weighted by Crippen LogP contribution is 2.22. The van der Waals surface area contributed by atoms with Crippen LogP contribution in [0.25, 0.3) is 0 Å². The zero-order valence-electron chi connectivity index (χ0n) is 9.86. The molecule has 1 aromatic rings. The normalized spacial score (nSPS) is 24.8. The molecule has 0 saturated carbocycles. The van der Waals surface area contributed by atoms with Crippen molar-refractivity contribution in [2.75, 3.05) is 13.2 Å². The number of hydrogen-bond acceptors (Lipinski definition) is 3. The first-order valence-electron chi connectivity index (χ1n) is 6.11. The highest BCUT2D eigenvalue weighted by Gasteiger charge is 2.25. The molecule has 16 heavy (non-hydrogen) atoms. The van der Waals surface area contributed by atoms with Crippen LogP contribution in [-0.2, 0) is 11.3 Å². The summed E-state index contributed by atoms with van der Waals surface area (Å²) in [5, 5.41) is 3.49. The second-order valence-electron chi connectivity index (χ2n) is 4.36. The van der Waals surface area contributed by atoms with Gasteiger partial charge in [-0.2, -0.15) is 0 Å². The third kappa shape index (κ3) is 3.03. The quantitative estimate of drug-likeness (QED) is 0.824. The van der Waals surface area contributed by atoms with E-state index >= 15 is 0 Å². The third-order valence-electron chi connectivity index (χ3n) is 3.21. The monoisotopic (exact) mass is 220 g/mol. The van der Waals surface area contributed by atoms with Gasteiger partial charge in [0.05, 0.1) is 6.10 Å². The molecule has 1 aliphatic heterocycles. The second kappa shape index (κ2) is 5.97. The fourth-order valence-corrected chi connectivity index (χ4v) is 2.28. The molecule has 1 aliphatic rings. The Kier molecular flexibility index (Phi) is 4.31. The maximum Gasteiger partial charge on any atom is 0.0613 e.